The summed E-state index contributed by atoms with van der Waals surface area (Å²) in [4.78, 5) is 25.5. The maximum Gasteiger partial charge on any atom is 0.323 e. The number of amides is 2. The van der Waals surface area contributed by atoms with Crippen molar-refractivity contribution >= 4 is 17.7 Å². The molecule has 2 amide bonds. The number of nitrogens with zero attached hydrogens (tertiary/aromatic N) is 2. The predicted octanol–water partition coefficient (Wildman–Crippen LogP) is 1.96. The summed E-state index contributed by atoms with van der Waals surface area (Å²) < 4.78 is 0. The van der Waals surface area contributed by atoms with E-state index in [0.29, 0.717) is 0 Å². The molecule has 0 saturated heterocycles. The molecular weight excluding hydrogens is 232 g/mol. The van der Waals surface area contributed by atoms with Gasteiger partial charge in [-0.05, 0) is 18.6 Å². The summed E-state index contributed by atoms with van der Waals surface area (Å²) in [6, 6.07) is 7.34. The van der Waals surface area contributed by atoms with Gasteiger partial charge in [0.25, 0.3) is 0 Å². The molecule has 0 spiro atoms. The Labute approximate surface area is 107 Å². The molecule has 5 heteroatoms. The summed E-state index contributed by atoms with van der Waals surface area (Å²) in [5.41, 5.74) is 1.82. The first-order valence-electron chi connectivity index (χ1n) is 5.69. The smallest absolute Gasteiger partial charge is 0.323 e. The number of carboxylic acids is 1. The Kier molecular flexibility index (Phi) is 4.71. The van der Waals surface area contributed by atoms with Crippen LogP contribution in [0.15, 0.2) is 24.3 Å². The SMILES string of the molecule is Cc1ccccc1N(C)C(=O)N(C)CCC(=O)O. The van der Waals surface area contributed by atoms with Gasteiger partial charge in [-0.3, -0.25) is 9.69 Å². The number of carboxylic acid groups (broad SMARTS) is 1. The zero-order valence-electron chi connectivity index (χ0n) is 10.9. The highest BCUT2D eigenvalue weighted by Gasteiger charge is 2.17. The van der Waals surface area contributed by atoms with Gasteiger partial charge in [0.15, 0.2) is 0 Å². The first-order valence-corrected chi connectivity index (χ1v) is 5.69. The van der Waals surface area contributed by atoms with Gasteiger partial charge < -0.3 is 10.0 Å². The molecule has 18 heavy (non-hydrogen) atoms. The summed E-state index contributed by atoms with van der Waals surface area (Å²) in [5.74, 6) is -0.909. The Morgan fingerprint density at radius 2 is 1.83 bits per heavy atom. The van der Waals surface area contributed by atoms with Crippen LogP contribution in [0.2, 0.25) is 0 Å². The Balaban J connectivity index is 2.72. The van der Waals surface area contributed by atoms with E-state index >= 15 is 0 Å². The van der Waals surface area contributed by atoms with Crippen molar-refractivity contribution in [1.82, 2.24) is 4.90 Å². The number of aliphatic carboxylic acids is 1. The molecule has 0 aliphatic carbocycles. The van der Waals surface area contributed by atoms with Crippen LogP contribution in [-0.2, 0) is 4.79 Å². The summed E-state index contributed by atoms with van der Waals surface area (Å²) in [6.45, 7) is 2.13. The van der Waals surface area contributed by atoms with Crippen molar-refractivity contribution in [2.24, 2.45) is 0 Å². The summed E-state index contributed by atoms with van der Waals surface area (Å²) in [7, 11) is 3.28. The van der Waals surface area contributed by atoms with Crippen LogP contribution in [0, 0.1) is 6.92 Å². The second-order valence-corrected chi connectivity index (χ2v) is 4.19. The maximum atomic E-state index is 12.1. The lowest BCUT2D eigenvalue weighted by Gasteiger charge is -2.25. The van der Waals surface area contributed by atoms with Crippen LogP contribution < -0.4 is 4.90 Å². The molecule has 98 valence electrons. The van der Waals surface area contributed by atoms with Crippen LogP contribution in [0.4, 0.5) is 10.5 Å². The van der Waals surface area contributed by atoms with E-state index in [1.165, 1.54) is 9.80 Å². The molecule has 1 aromatic rings. The van der Waals surface area contributed by atoms with Crippen molar-refractivity contribution in [3.63, 3.8) is 0 Å². The van der Waals surface area contributed by atoms with Gasteiger partial charge in [-0.15, -0.1) is 0 Å². The molecule has 0 aromatic heterocycles. The van der Waals surface area contributed by atoms with Crippen LogP contribution in [-0.4, -0.2) is 42.6 Å². The third-order valence-electron chi connectivity index (χ3n) is 2.75. The van der Waals surface area contributed by atoms with Gasteiger partial charge in [-0.1, -0.05) is 18.2 Å². The first-order chi connectivity index (χ1) is 8.43. The molecule has 1 aromatic carbocycles. The number of rotatable bonds is 4. The van der Waals surface area contributed by atoms with E-state index < -0.39 is 5.97 Å². The number of carbonyl (C=O) groups excluding carboxylic acids is 1. The first kappa shape index (κ1) is 14.0. The lowest BCUT2D eigenvalue weighted by atomic mass is 10.2. The van der Waals surface area contributed by atoms with E-state index in [0.717, 1.165) is 11.3 Å². The van der Waals surface area contributed by atoms with Crippen molar-refractivity contribution in [3.8, 4) is 0 Å². The van der Waals surface area contributed by atoms with Crippen molar-refractivity contribution in [2.75, 3.05) is 25.5 Å². The molecular formula is C13H18N2O3. The van der Waals surface area contributed by atoms with E-state index in [1.807, 2.05) is 31.2 Å². The molecule has 0 aliphatic rings. The quantitative estimate of drug-likeness (QED) is 0.888. The van der Waals surface area contributed by atoms with E-state index in [9.17, 15) is 9.59 Å². The molecule has 0 heterocycles. The average molecular weight is 250 g/mol. The highest BCUT2D eigenvalue weighted by molar-refractivity contribution is 5.92. The predicted molar refractivity (Wildman–Crippen MR) is 69.9 cm³/mol. The Bertz CT molecular complexity index is 446. The third kappa shape index (κ3) is 3.48. The fourth-order valence-corrected chi connectivity index (χ4v) is 1.66. The monoisotopic (exact) mass is 250 g/mol. The average Bonchev–Trinajstić information content (AvgIpc) is 2.34. The number of benzene rings is 1. The van der Waals surface area contributed by atoms with E-state index in [1.54, 1.807) is 14.1 Å². The number of para-hydroxylation sites is 1. The van der Waals surface area contributed by atoms with Crippen molar-refractivity contribution in [3.05, 3.63) is 29.8 Å². The fraction of sp³-hybridized carbons (Fsp3) is 0.385. The van der Waals surface area contributed by atoms with Gasteiger partial charge in [0.05, 0.1) is 6.42 Å². The summed E-state index contributed by atoms with van der Waals surface area (Å²) in [6.07, 6.45) is -0.0517. The molecule has 0 atom stereocenters. The minimum atomic E-state index is -0.909. The highest BCUT2D eigenvalue weighted by Crippen LogP contribution is 2.18. The van der Waals surface area contributed by atoms with Gasteiger partial charge in [-0.25, -0.2) is 4.79 Å². The minimum absolute atomic E-state index is 0.0517. The number of urea groups is 1. The molecule has 0 unspecified atom stereocenters. The second-order valence-electron chi connectivity index (χ2n) is 4.19. The van der Waals surface area contributed by atoms with Crippen molar-refractivity contribution < 1.29 is 14.7 Å². The van der Waals surface area contributed by atoms with E-state index in [-0.39, 0.29) is 19.0 Å². The maximum absolute atomic E-state index is 12.1. The number of carbonyl (C=O) groups is 2. The third-order valence-corrected chi connectivity index (χ3v) is 2.75. The fourth-order valence-electron chi connectivity index (χ4n) is 1.66. The largest absolute Gasteiger partial charge is 0.481 e. The van der Waals surface area contributed by atoms with Gasteiger partial charge in [-0.2, -0.15) is 0 Å². The lowest BCUT2D eigenvalue weighted by Crippen LogP contribution is -2.40. The summed E-state index contributed by atoms with van der Waals surface area (Å²) in [5, 5.41) is 8.59. The number of aryl methyl sites for hydroxylation is 1. The van der Waals surface area contributed by atoms with E-state index in [2.05, 4.69) is 0 Å². The van der Waals surface area contributed by atoms with Crippen LogP contribution >= 0.6 is 0 Å². The molecule has 1 rings (SSSR count). The standard InChI is InChI=1S/C13H18N2O3/c1-10-6-4-5-7-11(10)15(3)13(18)14(2)9-8-12(16)17/h4-7H,8-9H2,1-3H3,(H,16,17). The van der Waals surface area contributed by atoms with Crippen LogP contribution in [0.5, 0.6) is 0 Å². The topological polar surface area (TPSA) is 60.9 Å². The van der Waals surface area contributed by atoms with Crippen LogP contribution in [0.25, 0.3) is 0 Å². The highest BCUT2D eigenvalue weighted by atomic mass is 16.4. The Hall–Kier alpha value is -2.04. The Morgan fingerprint density at radius 1 is 1.22 bits per heavy atom. The normalized spacial score (nSPS) is 9.94. The molecule has 1 N–H and O–H groups in total. The van der Waals surface area contributed by atoms with Gasteiger partial charge in [0.1, 0.15) is 0 Å². The molecule has 5 nitrogen and oxygen atoms in total. The van der Waals surface area contributed by atoms with Gasteiger partial charge in [0.2, 0.25) is 0 Å². The zero-order chi connectivity index (χ0) is 13.7. The van der Waals surface area contributed by atoms with Crippen LogP contribution in [0.3, 0.4) is 0 Å². The number of hydrogen-bond donors (Lipinski definition) is 1. The Morgan fingerprint density at radius 3 is 2.39 bits per heavy atom. The molecule has 0 radical (unpaired) electrons. The summed E-state index contributed by atoms with van der Waals surface area (Å²) >= 11 is 0. The zero-order valence-corrected chi connectivity index (χ0v) is 10.9. The lowest BCUT2D eigenvalue weighted by molar-refractivity contribution is -0.137. The molecule has 0 saturated carbocycles. The molecule has 0 fully saturated rings. The van der Waals surface area contributed by atoms with Crippen LogP contribution in [0.1, 0.15) is 12.0 Å². The van der Waals surface area contributed by atoms with Crippen molar-refractivity contribution in [2.45, 2.75) is 13.3 Å². The van der Waals surface area contributed by atoms with Gasteiger partial charge in [0, 0.05) is 26.3 Å². The number of anilines is 1. The molecule has 0 aliphatic heterocycles. The minimum Gasteiger partial charge on any atom is -0.481 e. The van der Waals surface area contributed by atoms with Crippen molar-refractivity contribution in [1.29, 1.82) is 0 Å². The van der Waals surface area contributed by atoms with E-state index in [4.69, 9.17) is 5.11 Å². The van der Waals surface area contributed by atoms with Gasteiger partial charge >= 0.3 is 12.0 Å². The molecule has 0 bridgehead atoms. The number of hydrogen-bond acceptors (Lipinski definition) is 2. The second kappa shape index (κ2) is 6.05.